The van der Waals surface area contributed by atoms with Crippen molar-refractivity contribution in [3.8, 4) is 0 Å². The van der Waals surface area contributed by atoms with Gasteiger partial charge in [0.2, 0.25) is 0 Å². The molecule has 2 N–H and O–H groups in total. The minimum atomic E-state index is -2.25. The molecular weight excluding hydrogens is 466 g/mol. The first-order chi connectivity index (χ1) is 16.5. The molecule has 0 radical (unpaired) electrons. The van der Waals surface area contributed by atoms with E-state index in [0.29, 0.717) is 25.9 Å². The monoisotopic (exact) mass is 509 g/mol. The fourth-order valence-electron chi connectivity index (χ4n) is 7.50. The van der Waals surface area contributed by atoms with Gasteiger partial charge in [0.1, 0.15) is 11.7 Å². The fourth-order valence-corrected chi connectivity index (χ4v) is 7.50. The maximum atomic E-state index is 14.1. The normalized spacial score (nSPS) is 43.6. The van der Waals surface area contributed by atoms with E-state index >= 15 is 0 Å². The van der Waals surface area contributed by atoms with Gasteiger partial charge in [0, 0.05) is 37.8 Å². The van der Waals surface area contributed by atoms with Crippen molar-refractivity contribution >= 4 is 17.8 Å². The number of carbonyl (C=O) groups is 3. The van der Waals surface area contributed by atoms with Crippen LogP contribution in [-0.4, -0.2) is 81.2 Å². The van der Waals surface area contributed by atoms with E-state index in [1.807, 2.05) is 27.7 Å². The lowest BCUT2D eigenvalue weighted by Gasteiger charge is -2.71. The number of fused-ring (bicyclic) bond motifs is 3. The summed E-state index contributed by atoms with van der Waals surface area (Å²) in [5.41, 5.74) is -7.33. The smallest absolute Gasteiger partial charge is 0.410 e. The molecule has 3 rings (SSSR count). The average Bonchev–Trinajstić information content (AvgIpc) is 2.77. The van der Waals surface area contributed by atoms with Gasteiger partial charge in [-0.25, -0.2) is 4.79 Å². The van der Waals surface area contributed by atoms with Crippen molar-refractivity contribution in [2.45, 2.75) is 110 Å². The van der Waals surface area contributed by atoms with E-state index in [1.165, 1.54) is 24.8 Å². The maximum Gasteiger partial charge on any atom is 0.410 e. The van der Waals surface area contributed by atoms with Crippen molar-refractivity contribution in [1.82, 2.24) is 4.90 Å². The molecule has 2 aliphatic carbocycles. The van der Waals surface area contributed by atoms with Crippen molar-refractivity contribution in [2.75, 3.05) is 13.1 Å². The van der Waals surface area contributed by atoms with Gasteiger partial charge in [0.15, 0.2) is 17.5 Å². The summed E-state index contributed by atoms with van der Waals surface area (Å²) in [6, 6.07) is 0. The van der Waals surface area contributed by atoms with Crippen LogP contribution in [0.15, 0.2) is 12.7 Å². The molecule has 0 unspecified atom stereocenters. The minimum absolute atomic E-state index is 0.176. The van der Waals surface area contributed by atoms with Crippen molar-refractivity contribution in [2.24, 2.45) is 16.7 Å². The Hall–Kier alpha value is -1.97. The van der Waals surface area contributed by atoms with Gasteiger partial charge in [-0.2, -0.15) is 0 Å². The number of hydrogen-bond donors (Lipinski definition) is 2. The van der Waals surface area contributed by atoms with Gasteiger partial charge >= 0.3 is 12.1 Å². The van der Waals surface area contributed by atoms with Crippen LogP contribution in [-0.2, 0) is 23.8 Å². The first kappa shape index (κ1) is 28.6. The van der Waals surface area contributed by atoms with Crippen molar-refractivity contribution < 1.29 is 38.8 Å². The zero-order valence-electron chi connectivity index (χ0n) is 22.9. The van der Waals surface area contributed by atoms with Crippen molar-refractivity contribution in [1.29, 1.82) is 0 Å². The quantitative estimate of drug-likeness (QED) is 0.428. The van der Waals surface area contributed by atoms with Crippen molar-refractivity contribution in [3.63, 3.8) is 0 Å². The second kappa shape index (κ2) is 9.10. The van der Waals surface area contributed by atoms with Gasteiger partial charge in [0.05, 0.1) is 11.7 Å². The molecule has 3 fully saturated rings. The summed E-state index contributed by atoms with van der Waals surface area (Å²) in [7, 11) is 0. The summed E-state index contributed by atoms with van der Waals surface area (Å²) in [6.07, 6.45) is -1.88. The number of amides is 1. The highest BCUT2D eigenvalue weighted by Crippen LogP contribution is 2.67. The minimum Gasteiger partial charge on any atom is -0.457 e. The number of rotatable bonds is 5. The van der Waals surface area contributed by atoms with Gasteiger partial charge in [-0.3, -0.25) is 9.59 Å². The highest BCUT2D eigenvalue weighted by molar-refractivity contribution is 5.92. The van der Waals surface area contributed by atoms with Crippen LogP contribution in [0.1, 0.15) is 74.7 Å². The molecule has 1 saturated heterocycles. The zero-order chi connectivity index (χ0) is 27.5. The number of nitrogens with zero attached hydrogens (tertiary/aromatic N) is 1. The van der Waals surface area contributed by atoms with E-state index in [2.05, 4.69) is 6.58 Å². The summed E-state index contributed by atoms with van der Waals surface area (Å²) in [4.78, 5) is 40.9. The average molecular weight is 510 g/mol. The Morgan fingerprint density at radius 3 is 2.25 bits per heavy atom. The molecule has 36 heavy (non-hydrogen) atoms. The zero-order valence-corrected chi connectivity index (χ0v) is 22.9. The van der Waals surface area contributed by atoms with Crippen LogP contribution >= 0.6 is 0 Å². The molecule has 0 aromatic carbocycles. The summed E-state index contributed by atoms with van der Waals surface area (Å²) in [5, 5.41) is 24.5. The van der Waals surface area contributed by atoms with Crippen LogP contribution in [0.5, 0.6) is 0 Å². The third kappa shape index (κ3) is 3.80. The number of esters is 1. The number of ketones is 1. The summed E-state index contributed by atoms with van der Waals surface area (Å²) >= 11 is 0. The highest BCUT2D eigenvalue weighted by Gasteiger charge is 2.82. The Morgan fingerprint density at radius 2 is 1.75 bits per heavy atom. The maximum absolute atomic E-state index is 14.1. The fraction of sp³-hybridized carbons (Fsp3) is 0.815. The van der Waals surface area contributed by atoms with Gasteiger partial charge in [-0.05, 0) is 46.0 Å². The molecule has 1 aliphatic heterocycles. The van der Waals surface area contributed by atoms with Gasteiger partial charge in [-0.1, -0.05) is 26.8 Å². The van der Waals surface area contributed by atoms with E-state index in [4.69, 9.17) is 14.2 Å². The largest absolute Gasteiger partial charge is 0.457 e. The Balaban J connectivity index is 2.28. The first-order valence-electron chi connectivity index (χ1n) is 12.9. The van der Waals surface area contributed by atoms with E-state index in [9.17, 15) is 24.6 Å². The molecule has 9 heteroatoms. The number of Topliss-reactive ketones (excluding diaryl/α,β-unsaturated/α-hetero) is 1. The summed E-state index contributed by atoms with van der Waals surface area (Å²) in [6.45, 7) is 18.3. The van der Waals surface area contributed by atoms with Gasteiger partial charge < -0.3 is 29.3 Å². The number of hydrogen-bond acceptors (Lipinski definition) is 8. The van der Waals surface area contributed by atoms with E-state index in [1.54, 1.807) is 13.8 Å². The molecule has 0 bridgehead atoms. The Labute approximate surface area is 214 Å². The van der Waals surface area contributed by atoms with Crippen LogP contribution in [0.25, 0.3) is 0 Å². The second-order valence-corrected chi connectivity index (χ2v) is 11.9. The second-order valence-electron chi connectivity index (χ2n) is 11.9. The molecular formula is C27H43NO8. The predicted molar refractivity (Wildman–Crippen MR) is 132 cm³/mol. The summed E-state index contributed by atoms with van der Waals surface area (Å²) in [5.74, 6) is -1.97. The molecule has 2 saturated carbocycles. The number of carbonyl (C=O) groups excluding carboxylic acids is 3. The Kier molecular flexibility index (Phi) is 7.23. The van der Waals surface area contributed by atoms with Crippen molar-refractivity contribution in [3.05, 3.63) is 12.7 Å². The molecule has 8 atom stereocenters. The van der Waals surface area contributed by atoms with Crippen LogP contribution < -0.4 is 0 Å². The SMILES string of the molecule is C=C[C@@]1(C)CC(=O)[C@]2(O)[C@@]3(C)[C@@H](OC(=O)N(CC)CC)CCC(C)(C)[C@@H]3[C@H](O)[C@H](OC(C)=O)[C@@]2(C)O1. The topological polar surface area (TPSA) is 123 Å². The standard InChI is InChI=1S/C27H43NO8/c1-10-24(7)15-17(30)27(33)25(8)18(35-22(32)28(11-2)12-3)13-14-23(5,6)20(25)19(31)21(34-16(4)29)26(27,9)36-24/h10,18-21,31,33H,1,11-15H2,2-9H3/t18-,19-,20-,21-,24-,25-,26+,27-/m0/s1. The highest BCUT2D eigenvalue weighted by atomic mass is 16.6. The summed E-state index contributed by atoms with van der Waals surface area (Å²) < 4.78 is 18.1. The number of aliphatic hydroxyl groups excluding tert-OH is 1. The lowest BCUT2D eigenvalue weighted by atomic mass is 9.39. The molecule has 9 nitrogen and oxygen atoms in total. The van der Waals surface area contributed by atoms with Crippen LogP contribution in [0.4, 0.5) is 4.79 Å². The predicted octanol–water partition coefficient (Wildman–Crippen LogP) is 3.01. The van der Waals surface area contributed by atoms with E-state index in [-0.39, 0.29) is 6.42 Å². The molecule has 204 valence electrons. The Bertz CT molecular complexity index is 931. The molecule has 1 heterocycles. The first-order valence-corrected chi connectivity index (χ1v) is 12.9. The molecule has 0 spiro atoms. The molecule has 0 aromatic rings. The molecule has 3 aliphatic rings. The lowest BCUT2D eigenvalue weighted by Crippen LogP contribution is -2.87. The molecule has 0 aromatic heterocycles. The lowest BCUT2D eigenvalue weighted by molar-refractivity contribution is -0.370. The Morgan fingerprint density at radius 1 is 1.17 bits per heavy atom. The van der Waals surface area contributed by atoms with Crippen LogP contribution in [0.3, 0.4) is 0 Å². The number of aliphatic hydroxyl groups is 2. The van der Waals surface area contributed by atoms with E-state index in [0.717, 1.165) is 0 Å². The van der Waals surface area contributed by atoms with Gasteiger partial charge in [0.25, 0.3) is 0 Å². The third-order valence-corrected chi connectivity index (χ3v) is 9.25. The third-order valence-electron chi connectivity index (χ3n) is 9.25. The van der Waals surface area contributed by atoms with Gasteiger partial charge in [-0.15, -0.1) is 6.58 Å². The van der Waals surface area contributed by atoms with Crippen LogP contribution in [0, 0.1) is 16.7 Å². The van der Waals surface area contributed by atoms with E-state index < -0.39 is 69.7 Å². The molecule has 1 amide bonds. The van der Waals surface area contributed by atoms with Crippen LogP contribution in [0.2, 0.25) is 0 Å². The number of ether oxygens (including phenoxy) is 3.